The van der Waals surface area contributed by atoms with Crippen LogP contribution in [0.2, 0.25) is 39.3 Å². The van der Waals surface area contributed by atoms with E-state index in [2.05, 4.69) is 87.8 Å². The third kappa shape index (κ3) is 6.02. The molecule has 0 radical (unpaired) electrons. The number of benzene rings is 2. The summed E-state index contributed by atoms with van der Waals surface area (Å²) in [4.78, 5) is 0. The Hall–Kier alpha value is -1.21. The van der Waals surface area contributed by atoms with Crippen LogP contribution in [0.4, 0.5) is 0 Å². The average molecular weight is 359 g/mol. The second-order valence-electron chi connectivity index (χ2n) is 8.12. The van der Waals surface area contributed by atoms with Crippen molar-refractivity contribution in [1.82, 2.24) is 0 Å². The number of rotatable bonds is 7. The van der Waals surface area contributed by atoms with E-state index in [4.69, 9.17) is 8.85 Å². The standard InChI is InChI=1S/C20H30O2Si2/c1-23(2,3)21-19(17-13-9-7-10-14-17)20(22-24(4,5)6)18-15-11-8-12-16-18/h7-16,19-20H,1-6H3/t19-,20-/m1/s1. The Balaban J connectivity index is 2.47. The number of hydrogen-bond acceptors (Lipinski definition) is 2. The van der Waals surface area contributed by atoms with Gasteiger partial charge in [0.2, 0.25) is 0 Å². The van der Waals surface area contributed by atoms with Gasteiger partial charge >= 0.3 is 0 Å². The minimum Gasteiger partial charge on any atom is -0.408 e. The van der Waals surface area contributed by atoms with Gasteiger partial charge in [-0.1, -0.05) is 60.7 Å². The first-order chi connectivity index (χ1) is 11.2. The van der Waals surface area contributed by atoms with Gasteiger partial charge in [0, 0.05) is 0 Å². The Labute approximate surface area is 149 Å². The van der Waals surface area contributed by atoms with Crippen LogP contribution < -0.4 is 0 Å². The lowest BCUT2D eigenvalue weighted by Gasteiger charge is -2.36. The van der Waals surface area contributed by atoms with Crippen LogP contribution in [0.5, 0.6) is 0 Å². The zero-order valence-corrected chi connectivity index (χ0v) is 17.7. The highest BCUT2D eigenvalue weighted by Gasteiger charge is 2.34. The van der Waals surface area contributed by atoms with Crippen molar-refractivity contribution in [1.29, 1.82) is 0 Å². The zero-order valence-electron chi connectivity index (χ0n) is 15.7. The summed E-state index contributed by atoms with van der Waals surface area (Å²) in [7, 11) is -3.48. The Morgan fingerprint density at radius 3 is 1.08 bits per heavy atom. The second kappa shape index (κ2) is 7.78. The summed E-state index contributed by atoms with van der Waals surface area (Å²) in [6.07, 6.45) is -0.154. The maximum absolute atomic E-state index is 6.62. The summed E-state index contributed by atoms with van der Waals surface area (Å²) >= 11 is 0. The molecule has 2 rings (SSSR count). The largest absolute Gasteiger partial charge is 0.408 e. The SMILES string of the molecule is C[Si](C)(C)O[C@H](c1ccccc1)[C@H](O[Si](C)(C)C)c1ccccc1. The molecule has 0 bridgehead atoms. The third-order valence-corrected chi connectivity index (χ3v) is 5.41. The summed E-state index contributed by atoms with van der Waals surface area (Å²) in [5, 5.41) is 0. The summed E-state index contributed by atoms with van der Waals surface area (Å²) in [6, 6.07) is 21.0. The Kier molecular flexibility index (Phi) is 6.20. The van der Waals surface area contributed by atoms with E-state index in [0.29, 0.717) is 0 Å². The van der Waals surface area contributed by atoms with E-state index in [0.717, 1.165) is 0 Å². The molecule has 2 aromatic rings. The molecule has 0 saturated heterocycles. The van der Waals surface area contributed by atoms with Crippen molar-refractivity contribution in [2.45, 2.75) is 51.5 Å². The zero-order chi connectivity index (χ0) is 17.8. The molecule has 0 saturated carbocycles. The topological polar surface area (TPSA) is 18.5 Å². The molecule has 0 aromatic heterocycles. The molecule has 0 N–H and O–H groups in total. The van der Waals surface area contributed by atoms with Gasteiger partial charge in [-0.15, -0.1) is 0 Å². The van der Waals surface area contributed by atoms with E-state index < -0.39 is 16.6 Å². The maximum atomic E-state index is 6.62. The highest BCUT2D eigenvalue weighted by Crippen LogP contribution is 2.39. The fraction of sp³-hybridized carbons (Fsp3) is 0.400. The monoisotopic (exact) mass is 358 g/mol. The van der Waals surface area contributed by atoms with Gasteiger partial charge in [-0.25, -0.2) is 0 Å². The molecule has 0 unspecified atom stereocenters. The molecule has 0 aliphatic heterocycles. The van der Waals surface area contributed by atoms with Crippen LogP contribution in [-0.4, -0.2) is 16.6 Å². The minimum atomic E-state index is -1.74. The Morgan fingerprint density at radius 1 is 0.542 bits per heavy atom. The molecule has 24 heavy (non-hydrogen) atoms. The van der Waals surface area contributed by atoms with Crippen LogP contribution in [0.25, 0.3) is 0 Å². The number of hydrogen-bond donors (Lipinski definition) is 0. The van der Waals surface area contributed by atoms with Gasteiger partial charge < -0.3 is 8.85 Å². The van der Waals surface area contributed by atoms with Crippen LogP contribution in [0.3, 0.4) is 0 Å². The van der Waals surface area contributed by atoms with E-state index in [9.17, 15) is 0 Å². The first-order valence-electron chi connectivity index (χ1n) is 8.61. The van der Waals surface area contributed by atoms with Crippen LogP contribution in [-0.2, 0) is 8.85 Å². The first-order valence-corrected chi connectivity index (χ1v) is 15.4. The van der Waals surface area contributed by atoms with E-state index in [-0.39, 0.29) is 12.2 Å². The van der Waals surface area contributed by atoms with Crippen LogP contribution >= 0.6 is 0 Å². The predicted octanol–water partition coefficient (Wildman–Crippen LogP) is 6.17. The van der Waals surface area contributed by atoms with Crippen molar-refractivity contribution >= 4 is 16.6 Å². The van der Waals surface area contributed by atoms with E-state index in [1.165, 1.54) is 11.1 Å². The molecule has 2 aromatic carbocycles. The molecule has 0 heterocycles. The highest BCUT2D eigenvalue weighted by atomic mass is 28.4. The quantitative estimate of drug-likeness (QED) is 0.551. The molecule has 0 aliphatic rings. The lowest BCUT2D eigenvalue weighted by molar-refractivity contribution is 0.0420. The van der Waals surface area contributed by atoms with Gasteiger partial charge in [0.05, 0.1) is 12.2 Å². The fourth-order valence-corrected chi connectivity index (χ4v) is 4.70. The Morgan fingerprint density at radius 2 is 0.833 bits per heavy atom. The van der Waals surface area contributed by atoms with Gasteiger partial charge in [0.25, 0.3) is 0 Å². The molecule has 2 atom stereocenters. The van der Waals surface area contributed by atoms with E-state index in [1.807, 2.05) is 12.1 Å². The molecule has 0 aliphatic carbocycles. The molecule has 0 amide bonds. The van der Waals surface area contributed by atoms with E-state index in [1.54, 1.807) is 0 Å². The first kappa shape index (κ1) is 19.1. The van der Waals surface area contributed by atoms with Crippen LogP contribution in [0.1, 0.15) is 23.3 Å². The van der Waals surface area contributed by atoms with Gasteiger partial charge in [0.1, 0.15) is 0 Å². The fourth-order valence-electron chi connectivity index (χ4n) is 2.66. The predicted molar refractivity (Wildman–Crippen MR) is 107 cm³/mol. The smallest absolute Gasteiger partial charge is 0.184 e. The molecule has 2 nitrogen and oxygen atoms in total. The molecule has 4 heteroatoms. The normalized spacial score (nSPS) is 15.1. The van der Waals surface area contributed by atoms with Gasteiger partial charge in [0.15, 0.2) is 16.6 Å². The van der Waals surface area contributed by atoms with Gasteiger partial charge in [-0.3, -0.25) is 0 Å². The van der Waals surface area contributed by atoms with Gasteiger partial charge in [-0.2, -0.15) is 0 Å². The van der Waals surface area contributed by atoms with Crippen molar-refractivity contribution in [2.75, 3.05) is 0 Å². The molecule has 130 valence electrons. The third-order valence-electron chi connectivity index (χ3n) is 3.49. The molecule has 0 fully saturated rings. The lowest BCUT2D eigenvalue weighted by Crippen LogP contribution is -2.36. The Bertz CT molecular complexity index is 558. The molecular formula is C20H30O2Si2. The van der Waals surface area contributed by atoms with Crippen molar-refractivity contribution in [2.24, 2.45) is 0 Å². The summed E-state index contributed by atoms with van der Waals surface area (Å²) in [6.45, 7) is 13.4. The van der Waals surface area contributed by atoms with Crippen molar-refractivity contribution in [3.05, 3.63) is 71.8 Å². The van der Waals surface area contributed by atoms with Crippen molar-refractivity contribution < 1.29 is 8.85 Å². The average Bonchev–Trinajstić information content (AvgIpc) is 2.50. The minimum absolute atomic E-state index is 0.0769. The van der Waals surface area contributed by atoms with Crippen molar-refractivity contribution in [3.63, 3.8) is 0 Å². The summed E-state index contributed by atoms with van der Waals surface area (Å²) < 4.78 is 13.2. The summed E-state index contributed by atoms with van der Waals surface area (Å²) in [5.74, 6) is 0. The maximum Gasteiger partial charge on any atom is 0.184 e. The van der Waals surface area contributed by atoms with Gasteiger partial charge in [-0.05, 0) is 50.4 Å². The summed E-state index contributed by atoms with van der Waals surface area (Å²) in [5.41, 5.74) is 2.37. The highest BCUT2D eigenvalue weighted by molar-refractivity contribution is 6.70. The molecular weight excluding hydrogens is 328 g/mol. The van der Waals surface area contributed by atoms with Crippen LogP contribution in [0, 0.1) is 0 Å². The van der Waals surface area contributed by atoms with Crippen molar-refractivity contribution in [3.8, 4) is 0 Å². The molecule has 0 spiro atoms. The second-order valence-corrected chi connectivity index (χ2v) is 17.0. The van der Waals surface area contributed by atoms with Crippen LogP contribution in [0.15, 0.2) is 60.7 Å². The lowest BCUT2D eigenvalue weighted by atomic mass is 9.98. The van der Waals surface area contributed by atoms with E-state index >= 15 is 0 Å².